The van der Waals surface area contributed by atoms with Gasteiger partial charge in [-0.05, 0) is 29.8 Å². The van der Waals surface area contributed by atoms with Gasteiger partial charge in [0.2, 0.25) is 15.8 Å². The number of sulfone groups is 1. The summed E-state index contributed by atoms with van der Waals surface area (Å²) in [5, 5.41) is 0.664. The molecule has 3 N–H and O–H groups in total. The van der Waals surface area contributed by atoms with Crippen LogP contribution in [0.5, 0.6) is 0 Å². The van der Waals surface area contributed by atoms with Gasteiger partial charge < -0.3 is 20.4 Å². The van der Waals surface area contributed by atoms with Gasteiger partial charge in [0.1, 0.15) is 0 Å². The van der Waals surface area contributed by atoms with Crippen molar-refractivity contribution in [2.24, 2.45) is 0 Å². The topological polar surface area (TPSA) is 114 Å². The molecule has 5 rings (SSSR count). The number of anilines is 2. The van der Waals surface area contributed by atoms with E-state index in [9.17, 15) is 8.42 Å². The summed E-state index contributed by atoms with van der Waals surface area (Å²) in [6.07, 6.45) is 4.75. The van der Waals surface area contributed by atoms with Crippen molar-refractivity contribution in [1.82, 2.24) is 15.0 Å². The van der Waals surface area contributed by atoms with E-state index in [1.165, 1.54) is 0 Å². The van der Waals surface area contributed by atoms with Crippen LogP contribution >= 0.6 is 0 Å². The van der Waals surface area contributed by atoms with Gasteiger partial charge in [-0.2, -0.15) is 0 Å². The highest BCUT2D eigenvalue weighted by Gasteiger charge is 2.24. The molecule has 2 aromatic carbocycles. The maximum atomic E-state index is 13.7. The van der Waals surface area contributed by atoms with Crippen LogP contribution in [0.15, 0.2) is 70.8 Å². The standard InChI is InChI=1S/C22H21N5O3S/c23-22-25-12-16(13-26-22)15-9-17(27-5-7-30-8-6-27)11-18(10-15)31(28,29)21-14-24-20-4-2-1-3-19(20)21/h1-4,9-14,24H,5-8H2,(H2,23,25,26). The zero-order valence-corrected chi connectivity index (χ0v) is 17.5. The van der Waals surface area contributed by atoms with Crippen LogP contribution in [-0.2, 0) is 14.6 Å². The van der Waals surface area contributed by atoms with Crippen LogP contribution in [0, 0.1) is 0 Å². The first kappa shape index (κ1) is 19.5. The van der Waals surface area contributed by atoms with Gasteiger partial charge in [-0.3, -0.25) is 0 Å². The van der Waals surface area contributed by atoms with Gasteiger partial charge in [-0.15, -0.1) is 0 Å². The molecule has 0 amide bonds. The number of ether oxygens (including phenoxy) is 1. The average molecular weight is 436 g/mol. The highest BCUT2D eigenvalue weighted by atomic mass is 32.2. The van der Waals surface area contributed by atoms with Crippen LogP contribution in [0.4, 0.5) is 11.6 Å². The highest BCUT2D eigenvalue weighted by Crippen LogP contribution is 2.34. The molecule has 1 aliphatic rings. The second-order valence-electron chi connectivity index (χ2n) is 7.35. The number of H-pyrrole nitrogens is 1. The highest BCUT2D eigenvalue weighted by molar-refractivity contribution is 7.91. The molecule has 3 heterocycles. The van der Waals surface area contributed by atoms with Crippen molar-refractivity contribution in [2.45, 2.75) is 9.79 Å². The molecule has 2 aromatic heterocycles. The first-order valence-corrected chi connectivity index (χ1v) is 11.4. The third-order valence-electron chi connectivity index (χ3n) is 5.42. The Morgan fingerprint density at radius 1 is 1.00 bits per heavy atom. The Morgan fingerprint density at radius 3 is 2.52 bits per heavy atom. The summed E-state index contributed by atoms with van der Waals surface area (Å²) in [4.78, 5) is 13.8. The summed E-state index contributed by atoms with van der Waals surface area (Å²) in [5.74, 6) is 0.166. The molecular weight excluding hydrogens is 414 g/mol. The Kier molecular flexibility index (Phi) is 4.84. The molecule has 0 radical (unpaired) electrons. The molecule has 1 saturated heterocycles. The molecule has 158 valence electrons. The fourth-order valence-corrected chi connectivity index (χ4v) is 5.28. The van der Waals surface area contributed by atoms with Gasteiger partial charge in [0.25, 0.3) is 0 Å². The van der Waals surface area contributed by atoms with E-state index in [2.05, 4.69) is 19.9 Å². The van der Waals surface area contributed by atoms with Crippen molar-refractivity contribution < 1.29 is 13.2 Å². The van der Waals surface area contributed by atoms with E-state index in [0.29, 0.717) is 42.8 Å². The van der Waals surface area contributed by atoms with E-state index in [0.717, 1.165) is 11.2 Å². The number of hydrogen-bond acceptors (Lipinski definition) is 7. The molecule has 1 fully saturated rings. The number of morpholine rings is 1. The number of para-hydroxylation sites is 1. The lowest BCUT2D eigenvalue weighted by molar-refractivity contribution is 0.122. The minimum absolute atomic E-state index is 0.166. The first-order chi connectivity index (χ1) is 15.0. The number of nitrogens with two attached hydrogens (primary N) is 1. The van der Waals surface area contributed by atoms with Gasteiger partial charge in [-0.25, -0.2) is 18.4 Å². The number of rotatable bonds is 4. The van der Waals surface area contributed by atoms with Gasteiger partial charge in [0.15, 0.2) is 0 Å². The molecule has 0 bridgehead atoms. The normalized spacial score (nSPS) is 14.8. The number of benzene rings is 2. The van der Waals surface area contributed by atoms with Gasteiger partial charge in [-0.1, -0.05) is 18.2 Å². The zero-order valence-electron chi connectivity index (χ0n) is 16.7. The summed E-state index contributed by atoms with van der Waals surface area (Å²) in [5.41, 5.74) is 8.62. The van der Waals surface area contributed by atoms with Gasteiger partial charge >= 0.3 is 0 Å². The average Bonchev–Trinajstić information content (AvgIpc) is 3.25. The van der Waals surface area contributed by atoms with E-state index in [-0.39, 0.29) is 15.7 Å². The van der Waals surface area contributed by atoms with Crippen molar-refractivity contribution in [2.75, 3.05) is 36.9 Å². The Bertz CT molecular complexity index is 1340. The van der Waals surface area contributed by atoms with E-state index in [4.69, 9.17) is 10.5 Å². The van der Waals surface area contributed by atoms with Crippen LogP contribution < -0.4 is 10.6 Å². The Labute approximate surface area is 179 Å². The fourth-order valence-electron chi connectivity index (χ4n) is 3.79. The van der Waals surface area contributed by atoms with Crippen molar-refractivity contribution in [3.63, 3.8) is 0 Å². The Balaban J connectivity index is 1.68. The van der Waals surface area contributed by atoms with Crippen molar-refractivity contribution in [1.29, 1.82) is 0 Å². The van der Waals surface area contributed by atoms with Crippen molar-refractivity contribution >= 4 is 32.4 Å². The predicted octanol–water partition coefficient (Wildman–Crippen LogP) is 2.88. The molecule has 1 aliphatic heterocycles. The van der Waals surface area contributed by atoms with E-state index in [1.807, 2.05) is 24.3 Å². The minimum atomic E-state index is -3.78. The Hall–Kier alpha value is -3.43. The van der Waals surface area contributed by atoms with Crippen molar-refractivity contribution in [3.05, 3.63) is 61.1 Å². The summed E-state index contributed by atoms with van der Waals surface area (Å²) in [6.45, 7) is 2.57. The van der Waals surface area contributed by atoms with Crippen LogP contribution in [0.2, 0.25) is 0 Å². The monoisotopic (exact) mass is 435 g/mol. The van der Waals surface area contributed by atoms with Crippen LogP contribution in [-0.4, -0.2) is 49.7 Å². The maximum absolute atomic E-state index is 13.7. The molecule has 0 atom stereocenters. The zero-order chi connectivity index (χ0) is 21.4. The van der Waals surface area contributed by atoms with Crippen LogP contribution in [0.25, 0.3) is 22.0 Å². The number of hydrogen-bond donors (Lipinski definition) is 2. The Morgan fingerprint density at radius 2 is 1.74 bits per heavy atom. The maximum Gasteiger partial charge on any atom is 0.219 e. The second kappa shape index (κ2) is 7.68. The minimum Gasteiger partial charge on any atom is -0.378 e. The van der Waals surface area contributed by atoms with Gasteiger partial charge in [0.05, 0.1) is 23.0 Å². The number of nitrogens with one attached hydrogen (secondary N) is 1. The third-order valence-corrected chi connectivity index (χ3v) is 7.20. The number of aromatic nitrogens is 3. The smallest absolute Gasteiger partial charge is 0.219 e. The molecular formula is C22H21N5O3S. The molecule has 0 spiro atoms. The predicted molar refractivity (Wildman–Crippen MR) is 119 cm³/mol. The molecule has 4 aromatic rings. The van der Waals surface area contributed by atoms with E-state index in [1.54, 1.807) is 36.8 Å². The number of fused-ring (bicyclic) bond motifs is 1. The third kappa shape index (κ3) is 3.62. The van der Waals surface area contributed by atoms with Crippen LogP contribution in [0.3, 0.4) is 0 Å². The second-order valence-corrected chi connectivity index (χ2v) is 9.26. The molecule has 0 aliphatic carbocycles. The molecule has 8 nitrogen and oxygen atoms in total. The lowest BCUT2D eigenvalue weighted by atomic mass is 10.1. The lowest BCUT2D eigenvalue weighted by Crippen LogP contribution is -2.36. The lowest BCUT2D eigenvalue weighted by Gasteiger charge is -2.29. The number of nitrogen functional groups attached to an aromatic ring is 1. The quantitative estimate of drug-likeness (QED) is 0.507. The molecule has 31 heavy (non-hydrogen) atoms. The fraction of sp³-hybridized carbons (Fsp3) is 0.182. The SMILES string of the molecule is Nc1ncc(-c2cc(N3CCOCC3)cc(S(=O)(=O)c3c[nH]c4ccccc34)c2)cn1. The van der Waals surface area contributed by atoms with E-state index < -0.39 is 9.84 Å². The van der Waals surface area contributed by atoms with Crippen molar-refractivity contribution in [3.8, 4) is 11.1 Å². The number of aromatic amines is 1. The van der Waals surface area contributed by atoms with E-state index >= 15 is 0 Å². The van der Waals surface area contributed by atoms with Gasteiger partial charge in [0, 0.05) is 53.8 Å². The first-order valence-electron chi connectivity index (χ1n) is 9.89. The summed E-state index contributed by atoms with van der Waals surface area (Å²) in [6, 6.07) is 12.7. The largest absolute Gasteiger partial charge is 0.378 e. The molecule has 0 saturated carbocycles. The number of nitrogens with zero attached hydrogens (tertiary/aromatic N) is 3. The summed E-state index contributed by atoms with van der Waals surface area (Å²) < 4.78 is 32.8. The molecule has 0 unspecified atom stereocenters. The summed E-state index contributed by atoms with van der Waals surface area (Å²) in [7, 11) is -3.78. The summed E-state index contributed by atoms with van der Waals surface area (Å²) >= 11 is 0. The molecule has 9 heteroatoms. The van der Waals surface area contributed by atoms with Crippen LogP contribution in [0.1, 0.15) is 0 Å².